The van der Waals surface area contributed by atoms with Gasteiger partial charge in [0, 0.05) is 22.8 Å². The van der Waals surface area contributed by atoms with Crippen LogP contribution in [0.4, 0.5) is 0 Å². The molecule has 1 N–H and O–H groups in total. The number of aromatic nitrogens is 1. The third-order valence-electron chi connectivity index (χ3n) is 2.53. The number of nitrogens with zero attached hydrogens (tertiary/aromatic N) is 1. The topological polar surface area (TPSA) is 68.5 Å². The van der Waals surface area contributed by atoms with Crippen molar-refractivity contribution < 1.29 is 14.6 Å². The highest BCUT2D eigenvalue weighted by atomic mass is 79.9. The molecule has 0 amide bonds. The van der Waals surface area contributed by atoms with E-state index in [9.17, 15) is 9.59 Å². The maximum Gasteiger partial charge on any atom is 0.337 e. The summed E-state index contributed by atoms with van der Waals surface area (Å²) in [5, 5.41) is 8.95. The first kappa shape index (κ1) is 13.4. The summed E-state index contributed by atoms with van der Waals surface area (Å²) < 4.78 is 7.10. The van der Waals surface area contributed by atoms with Crippen molar-refractivity contribution in [3.05, 3.63) is 56.9 Å². The minimum absolute atomic E-state index is 0.0403. The van der Waals surface area contributed by atoms with Crippen LogP contribution in [0, 0.1) is 0 Å². The molecule has 1 aromatic carbocycles. The van der Waals surface area contributed by atoms with Crippen LogP contribution in [0.15, 0.2) is 45.8 Å². The fourth-order valence-electron chi connectivity index (χ4n) is 1.62. The lowest BCUT2D eigenvalue weighted by atomic mass is 10.2. The number of benzene rings is 1. The minimum atomic E-state index is -1.09. The molecule has 0 aliphatic rings. The van der Waals surface area contributed by atoms with E-state index in [1.165, 1.54) is 30.0 Å². The Kier molecular flexibility index (Phi) is 3.71. The van der Waals surface area contributed by atoms with Crippen LogP contribution in [-0.2, 0) is 0 Å². The van der Waals surface area contributed by atoms with E-state index in [0.29, 0.717) is 11.4 Å². The number of rotatable bonds is 3. The van der Waals surface area contributed by atoms with Gasteiger partial charge in [-0.2, -0.15) is 0 Å². The first-order valence-electron chi connectivity index (χ1n) is 5.32. The Bertz CT molecular complexity index is 693. The Labute approximate surface area is 117 Å². The van der Waals surface area contributed by atoms with Gasteiger partial charge in [0.05, 0.1) is 18.4 Å². The predicted octanol–water partition coefficient (Wildman–Crippen LogP) is 2.31. The molecule has 0 aliphatic carbocycles. The number of methoxy groups -OCH3 is 1. The molecule has 1 heterocycles. The molecule has 0 radical (unpaired) electrons. The second-order valence-corrected chi connectivity index (χ2v) is 4.70. The minimum Gasteiger partial charge on any atom is -0.497 e. The van der Waals surface area contributed by atoms with Gasteiger partial charge in [-0.15, -0.1) is 0 Å². The number of hydrogen-bond acceptors (Lipinski definition) is 3. The summed E-state index contributed by atoms with van der Waals surface area (Å²) in [6.45, 7) is 0. The molecule has 0 saturated carbocycles. The molecule has 0 unspecified atom stereocenters. The van der Waals surface area contributed by atoms with Crippen LogP contribution in [0.3, 0.4) is 0 Å². The summed E-state index contributed by atoms with van der Waals surface area (Å²) in [6, 6.07) is 7.59. The van der Waals surface area contributed by atoms with Crippen molar-refractivity contribution in [2.75, 3.05) is 7.11 Å². The van der Waals surface area contributed by atoms with Gasteiger partial charge < -0.3 is 9.84 Å². The Balaban J connectivity index is 2.64. The molecule has 0 bridgehead atoms. The standard InChI is InChI=1S/C13H10BrNO4/c1-19-11-5-9(14)4-10(6-11)15-7-8(13(17)18)2-3-12(15)16/h2-7H,1H3,(H,17,18). The predicted molar refractivity (Wildman–Crippen MR) is 73.3 cm³/mol. The Morgan fingerprint density at radius 2 is 2.05 bits per heavy atom. The maximum absolute atomic E-state index is 11.8. The van der Waals surface area contributed by atoms with Crippen LogP contribution < -0.4 is 10.3 Å². The summed E-state index contributed by atoms with van der Waals surface area (Å²) in [6.07, 6.45) is 1.28. The lowest BCUT2D eigenvalue weighted by Crippen LogP contribution is -2.18. The zero-order valence-electron chi connectivity index (χ0n) is 9.96. The highest BCUT2D eigenvalue weighted by Crippen LogP contribution is 2.23. The normalized spacial score (nSPS) is 10.2. The summed E-state index contributed by atoms with van der Waals surface area (Å²) in [5.41, 5.74) is 0.253. The van der Waals surface area contributed by atoms with Gasteiger partial charge in [0.2, 0.25) is 0 Å². The van der Waals surface area contributed by atoms with Gasteiger partial charge in [0.25, 0.3) is 5.56 Å². The van der Waals surface area contributed by atoms with Gasteiger partial charge >= 0.3 is 5.97 Å². The van der Waals surface area contributed by atoms with Gasteiger partial charge in [0.1, 0.15) is 5.75 Å². The molecule has 1 aromatic heterocycles. The van der Waals surface area contributed by atoms with E-state index >= 15 is 0 Å². The third kappa shape index (κ3) is 2.85. The molecule has 2 aromatic rings. The number of ether oxygens (including phenoxy) is 1. The van der Waals surface area contributed by atoms with Crippen molar-refractivity contribution in [2.45, 2.75) is 0 Å². The number of hydrogen-bond donors (Lipinski definition) is 1. The SMILES string of the molecule is COc1cc(Br)cc(-n2cc(C(=O)O)ccc2=O)c1. The number of aromatic carboxylic acids is 1. The first-order valence-corrected chi connectivity index (χ1v) is 6.11. The summed E-state index contributed by atoms with van der Waals surface area (Å²) in [5.74, 6) is -0.521. The highest BCUT2D eigenvalue weighted by Gasteiger charge is 2.08. The van der Waals surface area contributed by atoms with E-state index in [1.54, 1.807) is 18.2 Å². The zero-order chi connectivity index (χ0) is 14.0. The number of carbonyl (C=O) groups is 1. The summed E-state index contributed by atoms with van der Waals surface area (Å²) >= 11 is 3.31. The smallest absolute Gasteiger partial charge is 0.337 e. The Morgan fingerprint density at radius 3 is 2.68 bits per heavy atom. The molecule has 0 saturated heterocycles. The van der Waals surface area contributed by atoms with Gasteiger partial charge in [-0.05, 0) is 18.2 Å². The first-order chi connectivity index (χ1) is 9.01. The van der Waals surface area contributed by atoms with Gasteiger partial charge in [-0.1, -0.05) is 15.9 Å². The fourth-order valence-corrected chi connectivity index (χ4v) is 2.08. The molecular formula is C13H10BrNO4. The van der Waals surface area contributed by atoms with Crippen molar-refractivity contribution in [2.24, 2.45) is 0 Å². The monoisotopic (exact) mass is 323 g/mol. The van der Waals surface area contributed by atoms with E-state index in [-0.39, 0.29) is 11.1 Å². The molecule has 98 valence electrons. The van der Waals surface area contributed by atoms with Gasteiger partial charge in [-0.3, -0.25) is 9.36 Å². The van der Waals surface area contributed by atoms with Crippen molar-refractivity contribution in [1.29, 1.82) is 0 Å². The van der Waals surface area contributed by atoms with Crippen molar-refractivity contribution >= 4 is 21.9 Å². The molecule has 6 heteroatoms. The largest absolute Gasteiger partial charge is 0.497 e. The summed E-state index contributed by atoms with van der Waals surface area (Å²) in [7, 11) is 1.52. The fraction of sp³-hybridized carbons (Fsp3) is 0.0769. The Morgan fingerprint density at radius 1 is 1.32 bits per heavy atom. The zero-order valence-corrected chi connectivity index (χ0v) is 11.5. The molecule has 2 rings (SSSR count). The van der Waals surface area contributed by atoms with Crippen LogP contribution in [0.25, 0.3) is 5.69 Å². The molecular weight excluding hydrogens is 314 g/mol. The van der Waals surface area contributed by atoms with Crippen LogP contribution in [-0.4, -0.2) is 22.8 Å². The molecule has 0 fully saturated rings. The molecule has 5 nitrogen and oxygen atoms in total. The molecule has 0 spiro atoms. The number of halogens is 1. The van der Waals surface area contributed by atoms with E-state index in [0.717, 1.165) is 4.47 Å². The van der Waals surface area contributed by atoms with Crippen LogP contribution in [0.2, 0.25) is 0 Å². The average Bonchev–Trinajstić information content (AvgIpc) is 2.38. The quantitative estimate of drug-likeness (QED) is 0.941. The van der Waals surface area contributed by atoms with E-state index in [2.05, 4.69) is 15.9 Å². The summed E-state index contributed by atoms with van der Waals surface area (Å²) in [4.78, 5) is 22.8. The third-order valence-corrected chi connectivity index (χ3v) is 2.99. The van der Waals surface area contributed by atoms with E-state index in [1.807, 2.05) is 0 Å². The van der Waals surface area contributed by atoms with Crippen LogP contribution >= 0.6 is 15.9 Å². The number of carboxylic acid groups (broad SMARTS) is 1. The van der Waals surface area contributed by atoms with Gasteiger partial charge in [0.15, 0.2) is 0 Å². The van der Waals surface area contributed by atoms with Crippen LogP contribution in [0.1, 0.15) is 10.4 Å². The number of carboxylic acids is 1. The average molecular weight is 324 g/mol. The van der Waals surface area contributed by atoms with Crippen molar-refractivity contribution in [3.63, 3.8) is 0 Å². The number of pyridine rings is 1. The second-order valence-electron chi connectivity index (χ2n) is 3.78. The Hall–Kier alpha value is -2.08. The molecule has 0 aliphatic heterocycles. The van der Waals surface area contributed by atoms with Gasteiger partial charge in [-0.25, -0.2) is 4.79 Å². The van der Waals surface area contributed by atoms with Crippen molar-refractivity contribution in [3.8, 4) is 11.4 Å². The molecule has 0 atom stereocenters. The molecule has 19 heavy (non-hydrogen) atoms. The van der Waals surface area contributed by atoms with E-state index < -0.39 is 5.97 Å². The second kappa shape index (κ2) is 5.27. The van der Waals surface area contributed by atoms with E-state index in [4.69, 9.17) is 9.84 Å². The highest BCUT2D eigenvalue weighted by molar-refractivity contribution is 9.10. The maximum atomic E-state index is 11.8. The lowest BCUT2D eigenvalue weighted by molar-refractivity contribution is 0.0696. The van der Waals surface area contributed by atoms with Crippen LogP contribution in [0.5, 0.6) is 5.75 Å². The lowest BCUT2D eigenvalue weighted by Gasteiger charge is -2.09. The van der Waals surface area contributed by atoms with Crippen molar-refractivity contribution in [1.82, 2.24) is 4.57 Å².